The average molecular weight is 497 g/mol. The van der Waals surface area contributed by atoms with Gasteiger partial charge in [-0.3, -0.25) is 19.3 Å². The highest BCUT2D eigenvalue weighted by molar-refractivity contribution is 6.14. The van der Waals surface area contributed by atoms with E-state index in [1.54, 1.807) is 0 Å². The predicted molar refractivity (Wildman–Crippen MR) is 118 cm³/mol. The number of hydrogen-bond acceptors (Lipinski definition) is 6. The summed E-state index contributed by atoms with van der Waals surface area (Å²) >= 11 is 0. The number of aromatic nitrogens is 4. The number of nitrogens with one attached hydrogen (secondary N) is 1. The van der Waals surface area contributed by atoms with Crippen LogP contribution in [0.3, 0.4) is 0 Å². The maximum absolute atomic E-state index is 14.6. The van der Waals surface area contributed by atoms with E-state index in [9.17, 15) is 27.2 Å². The van der Waals surface area contributed by atoms with Crippen LogP contribution in [0.1, 0.15) is 43.5 Å². The number of benzene rings is 1. The van der Waals surface area contributed by atoms with Gasteiger partial charge in [0, 0.05) is 11.6 Å². The molecule has 1 aromatic carbocycles. The van der Waals surface area contributed by atoms with Gasteiger partial charge in [-0.2, -0.15) is 23.5 Å². The number of alkyl halides is 3. The molecule has 0 unspecified atom stereocenters. The fraction of sp³-hybridized carbons (Fsp3) is 0.130. The van der Waals surface area contributed by atoms with Crippen molar-refractivity contribution in [3.8, 4) is 6.07 Å². The number of nitrogens with two attached hydrogens (primary N) is 1. The molecule has 0 bridgehead atoms. The predicted octanol–water partition coefficient (Wildman–Crippen LogP) is 3.56. The van der Waals surface area contributed by atoms with Crippen LogP contribution in [0.5, 0.6) is 0 Å². The first kappa shape index (κ1) is 24.3. The number of anilines is 1. The highest BCUT2D eigenvalue weighted by atomic mass is 19.4. The Morgan fingerprint density at radius 2 is 1.97 bits per heavy atom. The molecule has 182 valence electrons. The Morgan fingerprint density at radius 3 is 2.58 bits per heavy atom. The zero-order chi connectivity index (χ0) is 26.2. The van der Waals surface area contributed by atoms with Crippen molar-refractivity contribution in [3.63, 3.8) is 0 Å². The Bertz CT molecular complexity index is 1550. The molecule has 9 nitrogen and oxygen atoms in total. The zero-order valence-electron chi connectivity index (χ0n) is 18.4. The van der Waals surface area contributed by atoms with Gasteiger partial charge in [0.25, 0.3) is 11.8 Å². The lowest BCUT2D eigenvalue weighted by molar-refractivity contribution is -0.140. The lowest BCUT2D eigenvalue weighted by Gasteiger charge is -2.12. The zero-order valence-corrected chi connectivity index (χ0v) is 18.4. The number of carbonyl (C=O) groups is 2. The largest absolute Gasteiger partial charge is 0.437 e. The Kier molecular flexibility index (Phi) is 6.11. The average Bonchev–Trinajstić information content (AvgIpc) is 3.14. The number of fused-ring (bicyclic) bond motifs is 1. The lowest BCUT2D eigenvalue weighted by atomic mass is 10.1. The summed E-state index contributed by atoms with van der Waals surface area (Å²) in [5.41, 5.74) is 2.88. The summed E-state index contributed by atoms with van der Waals surface area (Å²) in [6, 6.07) is 9.38. The summed E-state index contributed by atoms with van der Waals surface area (Å²) in [7, 11) is 0. The molecule has 0 atom stereocenters. The van der Waals surface area contributed by atoms with E-state index in [-0.39, 0.29) is 34.4 Å². The summed E-state index contributed by atoms with van der Waals surface area (Å²) in [6.07, 6.45) is -3.68. The minimum Gasteiger partial charge on any atom is -0.364 e. The molecule has 13 heteroatoms. The van der Waals surface area contributed by atoms with Gasteiger partial charge in [0.05, 0.1) is 40.3 Å². The number of nitriles is 1. The molecule has 0 saturated heterocycles. The number of pyridine rings is 2. The normalized spacial score (nSPS) is 11.3. The molecule has 2 amide bonds. The van der Waals surface area contributed by atoms with E-state index in [1.807, 2.05) is 6.07 Å². The second-order valence-electron chi connectivity index (χ2n) is 7.62. The molecule has 4 aromatic rings. The quantitative estimate of drug-likeness (QED) is 0.404. The molecule has 0 spiro atoms. The summed E-state index contributed by atoms with van der Waals surface area (Å²) < 4.78 is 57.0. The van der Waals surface area contributed by atoms with Crippen molar-refractivity contribution in [2.45, 2.75) is 19.6 Å². The maximum atomic E-state index is 14.6. The molecule has 4 rings (SSSR count). The van der Waals surface area contributed by atoms with Gasteiger partial charge >= 0.3 is 6.18 Å². The second-order valence-corrected chi connectivity index (χ2v) is 7.62. The Balaban J connectivity index is 1.78. The van der Waals surface area contributed by atoms with Crippen LogP contribution < -0.4 is 11.1 Å². The van der Waals surface area contributed by atoms with Crippen LogP contribution in [-0.2, 0) is 12.7 Å². The molecule has 0 aliphatic heterocycles. The highest BCUT2D eigenvalue weighted by Gasteiger charge is 2.39. The lowest BCUT2D eigenvalue weighted by Crippen LogP contribution is -2.20. The number of carbonyl (C=O) groups excluding carboxylic acids is 2. The first-order chi connectivity index (χ1) is 17.0. The van der Waals surface area contributed by atoms with Crippen LogP contribution in [0.4, 0.5) is 23.2 Å². The van der Waals surface area contributed by atoms with Crippen LogP contribution >= 0.6 is 0 Å². The number of amides is 2. The Morgan fingerprint density at radius 1 is 1.22 bits per heavy atom. The van der Waals surface area contributed by atoms with Gasteiger partial charge in [-0.15, -0.1) is 0 Å². The van der Waals surface area contributed by atoms with Crippen LogP contribution in [0.15, 0.2) is 42.6 Å². The van der Waals surface area contributed by atoms with Crippen LogP contribution in [-0.4, -0.2) is 31.6 Å². The SMILES string of the molecule is Cc1c(NC(=O)c2cc(C(N)=O)nc3cccc(F)c23)c(C(F)(F)F)nn1Cc1ccc(C#N)cn1. The van der Waals surface area contributed by atoms with E-state index in [0.717, 1.165) is 16.8 Å². The summed E-state index contributed by atoms with van der Waals surface area (Å²) in [6.45, 7) is 1.12. The second kappa shape index (κ2) is 9.06. The van der Waals surface area contributed by atoms with Crippen molar-refractivity contribution in [2.75, 3.05) is 5.32 Å². The first-order valence-electron chi connectivity index (χ1n) is 10.2. The van der Waals surface area contributed by atoms with E-state index < -0.39 is 40.8 Å². The van der Waals surface area contributed by atoms with Gasteiger partial charge in [-0.05, 0) is 37.3 Å². The summed E-state index contributed by atoms with van der Waals surface area (Å²) in [5, 5.41) is 14.3. The Labute approximate surface area is 200 Å². The van der Waals surface area contributed by atoms with Crippen molar-refractivity contribution in [2.24, 2.45) is 5.73 Å². The van der Waals surface area contributed by atoms with Gasteiger partial charge < -0.3 is 11.1 Å². The number of hydrogen-bond donors (Lipinski definition) is 2. The Hall–Kier alpha value is -4.86. The van der Waals surface area contributed by atoms with E-state index >= 15 is 0 Å². The molecule has 0 fully saturated rings. The number of nitrogens with zero attached hydrogens (tertiary/aromatic N) is 5. The van der Waals surface area contributed by atoms with E-state index in [4.69, 9.17) is 11.0 Å². The van der Waals surface area contributed by atoms with Crippen molar-refractivity contribution in [1.82, 2.24) is 19.7 Å². The van der Waals surface area contributed by atoms with Gasteiger partial charge in [0.15, 0.2) is 5.69 Å². The number of rotatable bonds is 5. The fourth-order valence-electron chi connectivity index (χ4n) is 3.52. The molecule has 3 N–H and O–H groups in total. The third-order valence-corrected chi connectivity index (χ3v) is 5.26. The third kappa shape index (κ3) is 4.56. The van der Waals surface area contributed by atoms with Gasteiger partial charge in [-0.1, -0.05) is 6.07 Å². The molecule has 36 heavy (non-hydrogen) atoms. The molecular weight excluding hydrogens is 482 g/mol. The third-order valence-electron chi connectivity index (χ3n) is 5.26. The van der Waals surface area contributed by atoms with Crippen molar-refractivity contribution in [1.29, 1.82) is 5.26 Å². The monoisotopic (exact) mass is 497 g/mol. The highest BCUT2D eigenvalue weighted by Crippen LogP contribution is 2.36. The van der Waals surface area contributed by atoms with Gasteiger partial charge in [0.1, 0.15) is 17.6 Å². The molecule has 0 aliphatic rings. The topological polar surface area (TPSA) is 140 Å². The van der Waals surface area contributed by atoms with Crippen LogP contribution in [0, 0.1) is 24.1 Å². The smallest absolute Gasteiger partial charge is 0.364 e. The van der Waals surface area contributed by atoms with Gasteiger partial charge in [-0.25, -0.2) is 9.37 Å². The maximum Gasteiger partial charge on any atom is 0.437 e. The van der Waals surface area contributed by atoms with Crippen molar-refractivity contribution >= 4 is 28.4 Å². The minimum atomic E-state index is -4.94. The first-order valence-corrected chi connectivity index (χ1v) is 10.2. The molecule has 3 aromatic heterocycles. The number of primary amides is 1. The van der Waals surface area contributed by atoms with Crippen LogP contribution in [0.25, 0.3) is 10.9 Å². The van der Waals surface area contributed by atoms with E-state index in [0.29, 0.717) is 5.69 Å². The molecule has 3 heterocycles. The van der Waals surface area contributed by atoms with E-state index in [2.05, 4.69) is 20.4 Å². The standard InChI is InChI=1S/C23H15F4N7O2/c1-11-19(20(23(25,26)27)33-34(11)10-13-6-5-12(8-28)9-30-13)32-22(36)14-7-17(21(29)35)31-16-4-2-3-15(24)18(14)16/h2-7,9H,10H2,1H3,(H2,29,35)(H,32,36). The summed E-state index contributed by atoms with van der Waals surface area (Å²) in [4.78, 5) is 32.7. The fourth-order valence-corrected chi connectivity index (χ4v) is 3.52. The van der Waals surface area contributed by atoms with E-state index in [1.165, 1.54) is 37.4 Å². The van der Waals surface area contributed by atoms with Crippen molar-refractivity contribution < 1.29 is 27.2 Å². The van der Waals surface area contributed by atoms with Gasteiger partial charge in [0.2, 0.25) is 0 Å². The summed E-state index contributed by atoms with van der Waals surface area (Å²) in [5.74, 6) is -3.00. The molecule has 0 saturated carbocycles. The van der Waals surface area contributed by atoms with Crippen LogP contribution in [0.2, 0.25) is 0 Å². The van der Waals surface area contributed by atoms with Crippen molar-refractivity contribution in [3.05, 3.63) is 82.3 Å². The molecule has 0 radical (unpaired) electrons. The minimum absolute atomic E-state index is 0.0595. The number of halogens is 4. The molecule has 0 aliphatic carbocycles. The molecular formula is C23H15F4N7O2.